The Morgan fingerprint density at radius 1 is 1.00 bits per heavy atom. The number of para-hydroxylation sites is 1. The molecular weight excluding hydrogens is 258 g/mol. The number of carbonyl (C=O) groups excluding carboxylic acids is 1. The second-order valence-corrected chi connectivity index (χ2v) is 4.24. The van der Waals surface area contributed by atoms with Gasteiger partial charge in [0.1, 0.15) is 5.56 Å². The minimum Gasteiger partial charge on any atom is -0.478 e. The first-order valence-corrected chi connectivity index (χ1v) is 5.89. The van der Waals surface area contributed by atoms with Crippen LogP contribution in [0.4, 0.5) is 0 Å². The van der Waals surface area contributed by atoms with Crippen LogP contribution in [0.2, 0.25) is 0 Å². The Balaban J connectivity index is 0.000000198. The summed E-state index contributed by atoms with van der Waals surface area (Å²) in [7, 11) is 0. The van der Waals surface area contributed by atoms with E-state index in [2.05, 4.69) is 29.1 Å². The smallest absolute Gasteiger partial charge is 0.339 e. The molecule has 0 saturated heterocycles. The van der Waals surface area contributed by atoms with Crippen LogP contribution >= 0.6 is 0 Å². The molecule has 5 nitrogen and oxygen atoms in total. The van der Waals surface area contributed by atoms with Crippen LogP contribution in [0.3, 0.4) is 0 Å². The number of carboxylic acid groups (broad SMARTS) is 1. The third-order valence-corrected chi connectivity index (χ3v) is 2.96. The van der Waals surface area contributed by atoms with Crippen LogP contribution in [0, 0.1) is 0 Å². The highest BCUT2D eigenvalue weighted by atomic mass is 16.6. The maximum atomic E-state index is 11.1. The number of hydrogen-bond donors (Lipinski definition) is 2. The van der Waals surface area contributed by atoms with Gasteiger partial charge in [-0.3, -0.25) is 4.79 Å². The molecule has 0 spiro atoms. The average Bonchev–Trinajstić information content (AvgIpc) is 2.42. The van der Waals surface area contributed by atoms with Crippen LogP contribution in [0.5, 0.6) is 5.75 Å². The van der Waals surface area contributed by atoms with E-state index >= 15 is 0 Å². The Kier molecular flexibility index (Phi) is 3.81. The maximum Gasteiger partial charge on any atom is 0.339 e. The van der Waals surface area contributed by atoms with Crippen molar-refractivity contribution in [2.24, 2.45) is 5.90 Å². The van der Waals surface area contributed by atoms with Crippen molar-refractivity contribution in [1.29, 1.82) is 0 Å². The van der Waals surface area contributed by atoms with E-state index in [0.717, 1.165) is 0 Å². The Bertz CT molecular complexity index is 609. The number of fused-ring (bicyclic) bond motifs is 1. The third-order valence-electron chi connectivity index (χ3n) is 2.96. The molecule has 0 bridgehead atoms. The molecule has 0 aliphatic heterocycles. The molecule has 1 aromatic carbocycles. The van der Waals surface area contributed by atoms with Crippen molar-refractivity contribution in [3.63, 3.8) is 0 Å². The first-order valence-electron chi connectivity index (χ1n) is 5.89. The lowest BCUT2D eigenvalue weighted by Gasteiger charge is -2.10. The summed E-state index contributed by atoms with van der Waals surface area (Å²) in [6, 6.07) is 12.7. The van der Waals surface area contributed by atoms with Crippen molar-refractivity contribution < 1.29 is 19.5 Å². The van der Waals surface area contributed by atoms with Gasteiger partial charge in [0.2, 0.25) is 0 Å². The maximum absolute atomic E-state index is 11.1. The number of rotatable bonds is 3. The molecule has 3 N–H and O–H groups in total. The molecule has 0 unspecified atom stereocenters. The fourth-order valence-corrected chi connectivity index (χ4v) is 1.77. The Morgan fingerprint density at radius 3 is 1.80 bits per heavy atom. The average molecular weight is 271 g/mol. The quantitative estimate of drug-likeness (QED) is 0.564. The second-order valence-electron chi connectivity index (χ2n) is 4.24. The highest BCUT2D eigenvalue weighted by molar-refractivity contribution is 6.01. The van der Waals surface area contributed by atoms with Crippen molar-refractivity contribution in [2.75, 3.05) is 0 Å². The summed E-state index contributed by atoms with van der Waals surface area (Å²) in [6.07, 6.45) is 0. The van der Waals surface area contributed by atoms with E-state index in [1.165, 1.54) is 36.2 Å². The SMILES string of the molecule is CC(=O)c1cccc(C(=O)O)c1ON.c1cc2ccc1-2. The number of carbonyl (C=O) groups is 2. The number of Topliss-reactive ketones (excluding diaryl/α,β-unsaturated/α-hetero) is 1. The summed E-state index contributed by atoms with van der Waals surface area (Å²) in [6.45, 7) is 1.31. The molecule has 5 heteroatoms. The van der Waals surface area contributed by atoms with Crippen LogP contribution < -0.4 is 10.7 Å². The van der Waals surface area contributed by atoms with Crippen LogP contribution in [0.25, 0.3) is 11.1 Å². The van der Waals surface area contributed by atoms with Gasteiger partial charge in [-0.2, -0.15) is 5.90 Å². The fraction of sp³-hybridized carbons (Fsp3) is 0.0667. The second kappa shape index (κ2) is 5.54. The van der Waals surface area contributed by atoms with Crippen LogP contribution in [-0.4, -0.2) is 16.9 Å². The number of carboxylic acids is 1. The summed E-state index contributed by atoms with van der Waals surface area (Å²) in [5.74, 6) is 3.32. The lowest BCUT2D eigenvalue weighted by atomic mass is 9.95. The van der Waals surface area contributed by atoms with Crippen LogP contribution in [0.15, 0.2) is 42.5 Å². The normalized spacial score (nSPS) is 10.1. The zero-order valence-electron chi connectivity index (χ0n) is 10.8. The number of benzene rings is 2. The highest BCUT2D eigenvalue weighted by Crippen LogP contribution is 2.29. The largest absolute Gasteiger partial charge is 0.478 e. The molecule has 2 aliphatic carbocycles. The summed E-state index contributed by atoms with van der Waals surface area (Å²) < 4.78 is 0. The summed E-state index contributed by atoms with van der Waals surface area (Å²) in [5, 5.41) is 8.76. The minimum absolute atomic E-state index is 0.104. The molecule has 0 aromatic heterocycles. The summed E-state index contributed by atoms with van der Waals surface area (Å²) in [4.78, 5) is 26.2. The first-order chi connectivity index (χ1) is 9.54. The zero-order valence-corrected chi connectivity index (χ0v) is 10.8. The van der Waals surface area contributed by atoms with E-state index in [-0.39, 0.29) is 22.7 Å². The van der Waals surface area contributed by atoms with E-state index in [0.29, 0.717) is 0 Å². The van der Waals surface area contributed by atoms with Gasteiger partial charge in [-0.15, -0.1) is 0 Å². The molecule has 0 amide bonds. The first kappa shape index (κ1) is 13.8. The van der Waals surface area contributed by atoms with Gasteiger partial charge < -0.3 is 9.94 Å². The van der Waals surface area contributed by atoms with E-state index in [4.69, 9.17) is 11.0 Å². The molecule has 0 saturated carbocycles. The number of aromatic carboxylic acids is 1. The predicted octanol–water partition coefficient (Wildman–Crippen LogP) is 2.51. The minimum atomic E-state index is -1.19. The number of nitrogens with two attached hydrogens (primary N) is 1. The van der Waals surface area contributed by atoms with Crippen molar-refractivity contribution in [3.05, 3.63) is 53.6 Å². The van der Waals surface area contributed by atoms with Gasteiger partial charge in [0.25, 0.3) is 0 Å². The topological polar surface area (TPSA) is 89.6 Å². The van der Waals surface area contributed by atoms with E-state index in [9.17, 15) is 9.59 Å². The monoisotopic (exact) mass is 271 g/mol. The van der Waals surface area contributed by atoms with E-state index in [1.807, 2.05) is 0 Å². The van der Waals surface area contributed by atoms with Crippen LogP contribution in [0.1, 0.15) is 27.6 Å². The van der Waals surface area contributed by atoms with Gasteiger partial charge in [0, 0.05) is 0 Å². The molecular formula is C15H13NO4. The van der Waals surface area contributed by atoms with Gasteiger partial charge in [-0.25, -0.2) is 4.79 Å². The van der Waals surface area contributed by atoms with Gasteiger partial charge in [-0.1, -0.05) is 30.3 Å². The van der Waals surface area contributed by atoms with Gasteiger partial charge in [0.15, 0.2) is 11.5 Å². The van der Waals surface area contributed by atoms with Gasteiger partial charge >= 0.3 is 5.97 Å². The fourth-order valence-electron chi connectivity index (χ4n) is 1.77. The van der Waals surface area contributed by atoms with Crippen molar-refractivity contribution >= 4 is 11.8 Å². The lowest BCUT2D eigenvalue weighted by Crippen LogP contribution is -2.12. The molecule has 2 aliphatic rings. The molecule has 0 atom stereocenters. The highest BCUT2D eigenvalue weighted by Gasteiger charge is 2.17. The molecule has 20 heavy (non-hydrogen) atoms. The third kappa shape index (κ3) is 2.53. The summed E-state index contributed by atoms with van der Waals surface area (Å²) in [5.41, 5.74) is 2.89. The number of ketones is 1. The molecule has 0 fully saturated rings. The van der Waals surface area contributed by atoms with Gasteiger partial charge in [-0.05, 0) is 30.2 Å². The van der Waals surface area contributed by atoms with Crippen LogP contribution in [-0.2, 0) is 0 Å². The zero-order chi connectivity index (χ0) is 14.7. The Hall–Kier alpha value is -2.66. The van der Waals surface area contributed by atoms with Crippen molar-refractivity contribution in [1.82, 2.24) is 0 Å². The molecule has 102 valence electrons. The lowest BCUT2D eigenvalue weighted by molar-refractivity contribution is 0.0692. The molecule has 0 radical (unpaired) electrons. The van der Waals surface area contributed by atoms with Gasteiger partial charge in [0.05, 0.1) is 5.56 Å². The predicted molar refractivity (Wildman–Crippen MR) is 73.7 cm³/mol. The number of hydrogen-bond acceptors (Lipinski definition) is 4. The molecule has 3 rings (SSSR count). The van der Waals surface area contributed by atoms with E-state index in [1.54, 1.807) is 0 Å². The van der Waals surface area contributed by atoms with Crippen molar-refractivity contribution in [2.45, 2.75) is 6.92 Å². The summed E-state index contributed by atoms with van der Waals surface area (Å²) >= 11 is 0. The Labute approximate surface area is 115 Å². The van der Waals surface area contributed by atoms with Crippen molar-refractivity contribution in [3.8, 4) is 16.9 Å². The standard InChI is InChI=1S/C9H9NO4.C6H4/c1-5(11)6-3-2-4-7(9(12)13)8(6)14-10;1-2-6-4-3-5(1)6/h2-4H,10H2,1H3,(H,12,13);1-4H. The molecule has 0 heterocycles. The van der Waals surface area contributed by atoms with E-state index < -0.39 is 5.97 Å². The Morgan fingerprint density at radius 2 is 1.50 bits per heavy atom. The molecule has 1 aromatic rings.